The summed E-state index contributed by atoms with van der Waals surface area (Å²) in [4.78, 5) is 26.5. The number of aryl methyl sites for hydroxylation is 3. The average Bonchev–Trinajstić information content (AvgIpc) is 2.95. The second-order valence-corrected chi connectivity index (χ2v) is 6.77. The first kappa shape index (κ1) is 14.9. The molecule has 2 heterocycles. The van der Waals surface area contributed by atoms with Gasteiger partial charge in [0, 0.05) is 24.2 Å². The Kier molecular flexibility index (Phi) is 3.41. The van der Waals surface area contributed by atoms with Crippen molar-refractivity contribution >= 4 is 23.2 Å². The molecule has 0 spiro atoms. The van der Waals surface area contributed by atoms with Crippen LogP contribution in [-0.2, 0) is 17.6 Å². The summed E-state index contributed by atoms with van der Waals surface area (Å²) in [6.45, 7) is 4.75. The smallest absolute Gasteiger partial charge is 0.255 e. The quantitative estimate of drug-likeness (QED) is 0.922. The third-order valence-electron chi connectivity index (χ3n) is 4.79. The van der Waals surface area contributed by atoms with Crippen molar-refractivity contribution in [3.05, 3.63) is 58.1 Å². The van der Waals surface area contributed by atoms with Crippen LogP contribution in [0.1, 0.15) is 39.0 Å². The Balaban J connectivity index is 1.64. The Labute approximate surface area is 141 Å². The van der Waals surface area contributed by atoms with Gasteiger partial charge in [-0.05, 0) is 62.1 Å². The van der Waals surface area contributed by atoms with Gasteiger partial charge in [-0.2, -0.15) is 0 Å². The second kappa shape index (κ2) is 5.48. The number of nitrogens with one attached hydrogen (secondary N) is 1. The minimum Gasteiger partial charge on any atom is -0.322 e. The molecule has 0 aromatic heterocycles. The molecule has 0 fully saturated rings. The molecule has 2 aliphatic rings. The van der Waals surface area contributed by atoms with Crippen molar-refractivity contribution in [3.63, 3.8) is 0 Å². The number of carbonyl (C=O) groups excluding carboxylic acids is 2. The van der Waals surface area contributed by atoms with Gasteiger partial charge in [0.2, 0.25) is 5.91 Å². The highest BCUT2D eigenvalue weighted by molar-refractivity contribution is 6.05. The zero-order valence-corrected chi connectivity index (χ0v) is 14.0. The first-order valence-electron chi connectivity index (χ1n) is 8.37. The van der Waals surface area contributed by atoms with Gasteiger partial charge in [0.1, 0.15) is 0 Å². The highest BCUT2D eigenvalue weighted by atomic mass is 16.2. The lowest BCUT2D eigenvalue weighted by molar-refractivity contribution is -0.118. The number of benzene rings is 2. The van der Waals surface area contributed by atoms with Crippen LogP contribution in [0.15, 0.2) is 30.3 Å². The summed E-state index contributed by atoms with van der Waals surface area (Å²) in [6, 6.07) is 9.89. The largest absolute Gasteiger partial charge is 0.322 e. The molecule has 0 atom stereocenters. The molecule has 2 aromatic carbocycles. The van der Waals surface area contributed by atoms with Crippen molar-refractivity contribution in [1.29, 1.82) is 0 Å². The molecule has 122 valence electrons. The predicted molar refractivity (Wildman–Crippen MR) is 94.7 cm³/mol. The van der Waals surface area contributed by atoms with Crippen LogP contribution in [0.25, 0.3) is 0 Å². The summed E-state index contributed by atoms with van der Waals surface area (Å²) in [5.74, 6) is 0.129. The Bertz CT molecular complexity index is 850. The van der Waals surface area contributed by atoms with E-state index in [4.69, 9.17) is 0 Å². The van der Waals surface area contributed by atoms with Gasteiger partial charge in [0.15, 0.2) is 0 Å². The maximum Gasteiger partial charge on any atom is 0.255 e. The third-order valence-corrected chi connectivity index (χ3v) is 4.79. The average molecular weight is 320 g/mol. The van der Waals surface area contributed by atoms with Crippen LogP contribution < -0.4 is 10.2 Å². The van der Waals surface area contributed by atoms with Gasteiger partial charge in [-0.15, -0.1) is 0 Å². The zero-order chi connectivity index (χ0) is 16.8. The zero-order valence-electron chi connectivity index (χ0n) is 14.0. The van der Waals surface area contributed by atoms with Gasteiger partial charge in [0.25, 0.3) is 5.91 Å². The lowest BCUT2D eigenvalue weighted by atomic mass is 9.98. The second-order valence-electron chi connectivity index (χ2n) is 6.77. The minimum atomic E-state index is -0.0873. The highest BCUT2D eigenvalue weighted by Crippen LogP contribution is 2.38. The number of nitrogens with zero attached hydrogens (tertiary/aromatic N) is 1. The molecule has 0 bridgehead atoms. The van der Waals surface area contributed by atoms with Crippen LogP contribution in [0.5, 0.6) is 0 Å². The number of rotatable bonds is 2. The first-order valence-corrected chi connectivity index (χ1v) is 8.37. The molecular formula is C20H20N2O2. The fraction of sp³-hybridized carbons (Fsp3) is 0.300. The standard InChI is InChI=1S/C20H20N2O2/c1-12-7-13(2)9-16(8-12)20(24)21-17-10-14-3-4-18(23)22-6-5-15(11-17)19(14)22/h7-11H,3-6H2,1-2H3,(H,21,24). The van der Waals surface area contributed by atoms with E-state index in [0.717, 1.165) is 47.5 Å². The van der Waals surface area contributed by atoms with Crippen molar-refractivity contribution < 1.29 is 9.59 Å². The molecule has 2 aliphatic heterocycles. The van der Waals surface area contributed by atoms with Crippen molar-refractivity contribution in [2.75, 3.05) is 16.8 Å². The predicted octanol–water partition coefficient (Wildman–Crippen LogP) is 3.39. The molecule has 4 heteroatoms. The Morgan fingerprint density at radius 3 is 2.33 bits per heavy atom. The van der Waals surface area contributed by atoms with Crippen LogP contribution >= 0.6 is 0 Å². The van der Waals surface area contributed by atoms with Gasteiger partial charge >= 0.3 is 0 Å². The summed E-state index contributed by atoms with van der Waals surface area (Å²) < 4.78 is 0. The molecule has 4 nitrogen and oxygen atoms in total. The number of hydrogen-bond donors (Lipinski definition) is 1. The molecular weight excluding hydrogens is 300 g/mol. The van der Waals surface area contributed by atoms with E-state index in [1.54, 1.807) is 0 Å². The maximum absolute atomic E-state index is 12.6. The third kappa shape index (κ3) is 2.48. The Morgan fingerprint density at radius 1 is 0.958 bits per heavy atom. The van der Waals surface area contributed by atoms with Crippen molar-refractivity contribution in [1.82, 2.24) is 0 Å². The molecule has 2 amide bonds. The first-order chi connectivity index (χ1) is 11.5. The topological polar surface area (TPSA) is 49.4 Å². The summed E-state index contributed by atoms with van der Waals surface area (Å²) in [5.41, 5.74) is 7.08. The number of anilines is 2. The summed E-state index contributed by atoms with van der Waals surface area (Å²) in [5, 5.41) is 3.02. The Morgan fingerprint density at radius 2 is 1.62 bits per heavy atom. The van der Waals surface area contributed by atoms with Crippen LogP contribution in [0.2, 0.25) is 0 Å². The molecule has 1 N–H and O–H groups in total. The lowest BCUT2D eigenvalue weighted by Crippen LogP contribution is -2.32. The fourth-order valence-corrected chi connectivity index (χ4v) is 3.84. The molecule has 0 saturated heterocycles. The van der Waals surface area contributed by atoms with Gasteiger partial charge < -0.3 is 10.2 Å². The number of hydrogen-bond acceptors (Lipinski definition) is 2. The molecule has 2 aromatic rings. The summed E-state index contributed by atoms with van der Waals surface area (Å²) in [6.07, 6.45) is 2.17. The lowest BCUT2D eigenvalue weighted by Gasteiger charge is -2.25. The molecule has 4 rings (SSSR count). The summed E-state index contributed by atoms with van der Waals surface area (Å²) in [7, 11) is 0. The van der Waals surface area contributed by atoms with E-state index < -0.39 is 0 Å². The van der Waals surface area contributed by atoms with Gasteiger partial charge in [0.05, 0.1) is 5.69 Å². The Hall–Kier alpha value is -2.62. The normalized spacial score (nSPS) is 15.4. The SMILES string of the molecule is Cc1cc(C)cc(C(=O)Nc2cc3c4c(c2)CCN4C(=O)CC3)c1. The number of amides is 2. The van der Waals surface area contributed by atoms with Gasteiger partial charge in [-0.1, -0.05) is 17.2 Å². The van der Waals surface area contributed by atoms with Crippen molar-refractivity contribution in [2.45, 2.75) is 33.1 Å². The van der Waals surface area contributed by atoms with Crippen molar-refractivity contribution in [3.8, 4) is 0 Å². The molecule has 0 radical (unpaired) electrons. The van der Waals surface area contributed by atoms with Crippen LogP contribution in [0.4, 0.5) is 11.4 Å². The van der Waals surface area contributed by atoms with Crippen LogP contribution in [0, 0.1) is 13.8 Å². The molecule has 0 saturated carbocycles. The van der Waals surface area contributed by atoms with Gasteiger partial charge in [-0.3, -0.25) is 9.59 Å². The van der Waals surface area contributed by atoms with E-state index in [9.17, 15) is 9.59 Å². The van der Waals surface area contributed by atoms with E-state index in [-0.39, 0.29) is 11.8 Å². The van der Waals surface area contributed by atoms with E-state index >= 15 is 0 Å². The van der Waals surface area contributed by atoms with Crippen molar-refractivity contribution in [2.24, 2.45) is 0 Å². The fourth-order valence-electron chi connectivity index (χ4n) is 3.84. The van der Waals surface area contributed by atoms with E-state index in [2.05, 4.69) is 11.4 Å². The van der Waals surface area contributed by atoms with E-state index in [0.29, 0.717) is 12.0 Å². The number of carbonyl (C=O) groups is 2. The van der Waals surface area contributed by atoms with E-state index in [1.165, 1.54) is 5.56 Å². The van der Waals surface area contributed by atoms with E-state index in [1.807, 2.05) is 43.0 Å². The van der Waals surface area contributed by atoms with Crippen LogP contribution in [-0.4, -0.2) is 18.4 Å². The summed E-state index contributed by atoms with van der Waals surface area (Å²) >= 11 is 0. The monoisotopic (exact) mass is 320 g/mol. The van der Waals surface area contributed by atoms with Gasteiger partial charge in [-0.25, -0.2) is 0 Å². The molecule has 0 unspecified atom stereocenters. The minimum absolute atomic E-state index is 0.0873. The van der Waals surface area contributed by atoms with Crippen LogP contribution in [0.3, 0.4) is 0 Å². The molecule has 24 heavy (non-hydrogen) atoms. The highest BCUT2D eigenvalue weighted by Gasteiger charge is 2.31. The maximum atomic E-state index is 12.6. The molecule has 0 aliphatic carbocycles.